The lowest BCUT2D eigenvalue weighted by Gasteiger charge is -2.34. The Labute approximate surface area is 195 Å². The van der Waals surface area contributed by atoms with Crippen LogP contribution < -0.4 is 21.2 Å². The van der Waals surface area contributed by atoms with Crippen molar-refractivity contribution >= 4 is 11.4 Å². The number of aryl methyl sites for hydroxylation is 1. The van der Waals surface area contributed by atoms with Crippen LogP contribution in [-0.4, -0.2) is 67.6 Å². The van der Waals surface area contributed by atoms with Crippen molar-refractivity contribution < 1.29 is 13.5 Å². The third kappa shape index (κ3) is 5.20. The predicted molar refractivity (Wildman–Crippen MR) is 121 cm³/mol. The third-order valence-corrected chi connectivity index (χ3v) is 5.41. The zero-order chi connectivity index (χ0) is 24.3. The van der Waals surface area contributed by atoms with Gasteiger partial charge in [-0.3, -0.25) is 0 Å². The Morgan fingerprint density at radius 2 is 2.00 bits per heavy atom. The quantitative estimate of drug-likeness (QED) is 0.384. The first-order valence-corrected chi connectivity index (χ1v) is 10.6. The summed E-state index contributed by atoms with van der Waals surface area (Å²) in [7, 11) is 1.63. The first-order valence-electron chi connectivity index (χ1n) is 10.6. The monoisotopic (exact) mass is 472 g/mol. The van der Waals surface area contributed by atoms with Gasteiger partial charge in [-0.2, -0.15) is 10.2 Å². The Morgan fingerprint density at radius 3 is 2.68 bits per heavy atom. The lowest BCUT2D eigenvalue weighted by atomic mass is 10.1. The molecule has 0 spiro atoms. The van der Waals surface area contributed by atoms with Gasteiger partial charge >= 0.3 is 0 Å². The molecular weight excluding hydrogens is 446 g/mol. The summed E-state index contributed by atoms with van der Waals surface area (Å²) in [6, 6.07) is 5.03. The fourth-order valence-electron chi connectivity index (χ4n) is 3.72. The second-order valence-corrected chi connectivity index (χ2v) is 7.98. The number of alkyl halides is 2. The fraction of sp³-hybridized carbons (Fsp3) is 0.381. The van der Waals surface area contributed by atoms with Crippen molar-refractivity contribution in [1.29, 1.82) is 0 Å². The molecule has 1 aliphatic rings. The number of ether oxygens (including phenoxy) is 1. The molecule has 0 unspecified atom stereocenters. The van der Waals surface area contributed by atoms with Gasteiger partial charge in [-0.1, -0.05) is 0 Å². The molecule has 0 amide bonds. The summed E-state index contributed by atoms with van der Waals surface area (Å²) in [6.45, 7) is 2.01. The summed E-state index contributed by atoms with van der Waals surface area (Å²) in [5.41, 5.74) is 8.86. The second-order valence-electron chi connectivity index (χ2n) is 7.98. The Bertz CT molecular complexity index is 1170. The largest absolute Gasteiger partial charge is 0.471 e. The first-order chi connectivity index (χ1) is 16.2. The average molecular weight is 473 g/mol. The number of rotatable bonds is 7. The van der Waals surface area contributed by atoms with Crippen molar-refractivity contribution in [3.63, 3.8) is 0 Å². The number of hydrogen-bond donors (Lipinski definition) is 2. The van der Waals surface area contributed by atoms with Crippen LogP contribution in [0.5, 0.6) is 5.88 Å². The van der Waals surface area contributed by atoms with Crippen LogP contribution in [0.1, 0.15) is 24.2 Å². The van der Waals surface area contributed by atoms with Crippen LogP contribution in [0.3, 0.4) is 0 Å². The van der Waals surface area contributed by atoms with Crippen LogP contribution in [-0.2, 0) is 0 Å². The van der Waals surface area contributed by atoms with E-state index in [-0.39, 0.29) is 25.5 Å². The number of pyridine rings is 1. The van der Waals surface area contributed by atoms with Crippen molar-refractivity contribution in [3.05, 3.63) is 54.0 Å². The molecule has 1 aliphatic heterocycles. The van der Waals surface area contributed by atoms with E-state index in [0.717, 1.165) is 0 Å². The van der Waals surface area contributed by atoms with E-state index >= 15 is 0 Å². The average Bonchev–Trinajstić information content (AvgIpc) is 3.33. The van der Waals surface area contributed by atoms with Gasteiger partial charge in [-0.15, -0.1) is 4.80 Å². The highest BCUT2D eigenvalue weighted by atomic mass is 19.3. The van der Waals surface area contributed by atoms with Crippen molar-refractivity contribution in [2.24, 2.45) is 11.6 Å². The van der Waals surface area contributed by atoms with Gasteiger partial charge in [0.1, 0.15) is 12.9 Å². The lowest BCUT2D eigenvalue weighted by Crippen LogP contribution is -2.43. The predicted octanol–water partition coefficient (Wildman–Crippen LogP) is 1.51. The molecule has 1 fully saturated rings. The molecule has 11 nitrogen and oxygen atoms in total. The Balaban J connectivity index is 1.53. The highest BCUT2D eigenvalue weighted by Crippen LogP contribution is 2.31. The van der Waals surface area contributed by atoms with Crippen molar-refractivity contribution in [1.82, 2.24) is 35.0 Å². The highest BCUT2D eigenvalue weighted by molar-refractivity contribution is 5.65. The molecule has 4 rings (SSSR count). The number of hydrazine groups is 1. The van der Waals surface area contributed by atoms with Gasteiger partial charge in [0.2, 0.25) is 5.88 Å². The van der Waals surface area contributed by atoms with E-state index < -0.39 is 5.92 Å². The van der Waals surface area contributed by atoms with Crippen molar-refractivity contribution in [2.75, 3.05) is 31.6 Å². The number of piperidine rings is 1. The molecule has 3 aromatic heterocycles. The van der Waals surface area contributed by atoms with E-state index in [1.54, 1.807) is 37.1 Å². The Hall–Kier alpha value is -3.87. The van der Waals surface area contributed by atoms with Crippen LogP contribution in [0, 0.1) is 6.92 Å². The minimum absolute atomic E-state index is 0.00263. The topological polar surface area (TPSA) is 137 Å². The Kier molecular flexibility index (Phi) is 6.54. The number of hydrogen-bond acceptors (Lipinski definition) is 10. The minimum Gasteiger partial charge on any atom is -0.471 e. The molecule has 34 heavy (non-hydrogen) atoms. The maximum absolute atomic E-state index is 13.9. The molecule has 0 bridgehead atoms. The molecule has 13 heteroatoms. The van der Waals surface area contributed by atoms with Gasteiger partial charge in [-0.25, -0.2) is 29.6 Å². The minimum atomic E-state index is -2.70. The standard InChI is InChI=1S/C21H26F2N10O/c1-14-16(32-9-3-6-21(22,23)12-32)5-4-15(30-14)20(24)17(31(2)25)11-34-19-10-18(26-13-27-19)33-28-7-8-29-33/h4-5,7-8,10,13H,3,6,9,11-12,24-25H2,1-2H3/b20-17-. The van der Waals surface area contributed by atoms with E-state index in [0.29, 0.717) is 47.3 Å². The zero-order valence-corrected chi connectivity index (χ0v) is 18.9. The third-order valence-electron chi connectivity index (χ3n) is 5.41. The maximum atomic E-state index is 13.9. The zero-order valence-electron chi connectivity index (χ0n) is 18.9. The molecule has 180 valence electrons. The molecule has 4 heterocycles. The number of aromatic nitrogens is 6. The molecular formula is C21H26F2N10O. The molecule has 4 N–H and O–H groups in total. The SMILES string of the molecule is Cc1nc(/C(N)=C(\COc2cc(-n3nccn3)ncn2)N(C)N)ccc1N1CCCC(F)(F)C1. The number of anilines is 1. The molecule has 1 saturated heterocycles. The summed E-state index contributed by atoms with van der Waals surface area (Å²) in [5, 5.41) is 9.39. The number of nitrogens with zero attached hydrogens (tertiary/aromatic N) is 8. The maximum Gasteiger partial charge on any atom is 0.265 e. The van der Waals surface area contributed by atoms with E-state index in [1.807, 2.05) is 0 Å². The van der Waals surface area contributed by atoms with Gasteiger partial charge in [0.25, 0.3) is 5.92 Å². The van der Waals surface area contributed by atoms with E-state index in [4.69, 9.17) is 16.3 Å². The normalized spacial score (nSPS) is 16.2. The summed E-state index contributed by atoms with van der Waals surface area (Å²) in [4.78, 5) is 15.7. The van der Waals surface area contributed by atoms with Gasteiger partial charge < -0.3 is 20.4 Å². The van der Waals surface area contributed by atoms with Gasteiger partial charge in [0, 0.05) is 26.1 Å². The van der Waals surface area contributed by atoms with Crippen LogP contribution >= 0.6 is 0 Å². The molecule has 0 atom stereocenters. The van der Waals surface area contributed by atoms with Gasteiger partial charge in [-0.05, 0) is 25.5 Å². The first kappa shape index (κ1) is 23.3. The van der Waals surface area contributed by atoms with Gasteiger partial charge in [0.15, 0.2) is 5.82 Å². The summed E-state index contributed by atoms with van der Waals surface area (Å²) in [5.74, 6) is 4.01. The fourth-order valence-corrected chi connectivity index (χ4v) is 3.72. The Morgan fingerprint density at radius 1 is 1.24 bits per heavy atom. The van der Waals surface area contributed by atoms with Crippen molar-refractivity contribution in [2.45, 2.75) is 25.7 Å². The van der Waals surface area contributed by atoms with Crippen LogP contribution in [0.15, 0.2) is 42.6 Å². The highest BCUT2D eigenvalue weighted by Gasteiger charge is 2.35. The molecule has 0 aromatic carbocycles. The molecule has 3 aromatic rings. The summed E-state index contributed by atoms with van der Waals surface area (Å²) < 4.78 is 33.5. The van der Waals surface area contributed by atoms with Crippen molar-refractivity contribution in [3.8, 4) is 11.7 Å². The summed E-state index contributed by atoms with van der Waals surface area (Å²) in [6.07, 6.45) is 4.73. The number of likely N-dealkylation sites (N-methyl/N-ethyl adjacent to an activating group) is 1. The smallest absolute Gasteiger partial charge is 0.265 e. The number of halogens is 2. The van der Waals surface area contributed by atoms with Crippen LogP contribution in [0.4, 0.5) is 14.5 Å². The van der Waals surface area contributed by atoms with Crippen LogP contribution in [0.2, 0.25) is 0 Å². The molecule has 0 saturated carbocycles. The molecule has 0 aliphatic carbocycles. The van der Waals surface area contributed by atoms with E-state index in [1.165, 1.54) is 28.5 Å². The molecule has 0 radical (unpaired) electrons. The lowest BCUT2D eigenvalue weighted by molar-refractivity contribution is -0.0117. The second kappa shape index (κ2) is 9.55. The summed E-state index contributed by atoms with van der Waals surface area (Å²) >= 11 is 0. The van der Waals surface area contributed by atoms with E-state index in [2.05, 4.69) is 25.1 Å². The van der Waals surface area contributed by atoms with E-state index in [9.17, 15) is 8.78 Å². The van der Waals surface area contributed by atoms with Gasteiger partial charge in [0.05, 0.1) is 47.4 Å². The van der Waals surface area contributed by atoms with Crippen LogP contribution in [0.25, 0.3) is 11.5 Å². The number of nitrogens with two attached hydrogens (primary N) is 2.